The Morgan fingerprint density at radius 3 is 2.25 bits per heavy atom. The Kier molecular flexibility index (Phi) is 10.8. The molecule has 1 N–H and O–H groups in total. The van der Waals surface area contributed by atoms with E-state index in [4.69, 9.17) is 4.98 Å². The summed E-state index contributed by atoms with van der Waals surface area (Å²) in [5, 5.41) is 3.11. The summed E-state index contributed by atoms with van der Waals surface area (Å²) in [4.78, 5) is 22.7. The molecule has 0 aliphatic carbocycles. The zero-order chi connectivity index (χ0) is 24.2. The van der Waals surface area contributed by atoms with Crippen molar-refractivity contribution in [1.29, 1.82) is 0 Å². The Hall–Kier alpha value is -2.54. The number of nitrogens with one attached hydrogen (secondary N) is 1. The Morgan fingerprint density at radius 2 is 1.61 bits per heavy atom. The molecule has 2 aromatic carbocycles. The Bertz CT molecular complexity index is 1140. The van der Waals surface area contributed by atoms with Gasteiger partial charge in [0.2, 0.25) is 0 Å². The Morgan fingerprint density at radius 1 is 0.944 bits per heavy atom. The van der Waals surface area contributed by atoms with Gasteiger partial charge in [-0.3, -0.25) is 14.3 Å². The first-order valence-corrected chi connectivity index (χ1v) is 12.3. The van der Waals surface area contributed by atoms with Crippen molar-refractivity contribution in [2.45, 2.75) is 40.5 Å². The number of aromatic nitrogens is 2. The number of imidazole rings is 1. The molecule has 1 aliphatic heterocycles. The van der Waals surface area contributed by atoms with E-state index >= 15 is 0 Å². The number of anilines is 1. The number of para-hydroxylation sites is 1. The number of piperazine rings is 1. The molecule has 0 bridgehead atoms. The van der Waals surface area contributed by atoms with E-state index in [9.17, 15) is 4.79 Å². The molecule has 1 aromatic heterocycles. The van der Waals surface area contributed by atoms with E-state index in [-0.39, 0.29) is 36.6 Å². The van der Waals surface area contributed by atoms with Crippen LogP contribution in [-0.4, -0.2) is 59.6 Å². The molecule has 0 atom stereocenters. The molecular formula is C28H39Cl2N5O. The number of aryl methyl sites for hydroxylation is 1. The van der Waals surface area contributed by atoms with Gasteiger partial charge in [0, 0.05) is 56.6 Å². The van der Waals surface area contributed by atoms with Crippen molar-refractivity contribution in [2.24, 2.45) is 0 Å². The zero-order valence-electron chi connectivity index (χ0n) is 22.0. The maximum absolute atomic E-state index is 13.0. The topological polar surface area (TPSA) is 53.4 Å². The highest BCUT2D eigenvalue weighted by molar-refractivity contribution is 5.93. The average molecular weight is 533 g/mol. The molecule has 8 heteroatoms. The van der Waals surface area contributed by atoms with Crippen LogP contribution in [0.2, 0.25) is 0 Å². The molecule has 3 aromatic rings. The number of halogens is 2. The quantitative estimate of drug-likeness (QED) is 0.448. The lowest BCUT2D eigenvalue weighted by molar-refractivity contribution is 0.0942. The molecular weight excluding hydrogens is 493 g/mol. The second-order valence-electron chi connectivity index (χ2n) is 9.53. The molecule has 2 heterocycles. The van der Waals surface area contributed by atoms with Crippen LogP contribution < -0.4 is 10.2 Å². The van der Waals surface area contributed by atoms with Crippen LogP contribution in [0.5, 0.6) is 0 Å². The van der Waals surface area contributed by atoms with E-state index in [1.165, 1.54) is 16.8 Å². The number of hydrogen-bond acceptors (Lipinski definition) is 4. The second kappa shape index (κ2) is 13.1. The van der Waals surface area contributed by atoms with Crippen LogP contribution in [0.4, 0.5) is 5.69 Å². The number of hydrogen-bond donors (Lipinski definition) is 1. The monoisotopic (exact) mass is 531 g/mol. The van der Waals surface area contributed by atoms with Crippen molar-refractivity contribution in [2.75, 3.05) is 44.2 Å². The minimum absolute atomic E-state index is 0. The van der Waals surface area contributed by atoms with Gasteiger partial charge in [-0.25, -0.2) is 4.98 Å². The third-order valence-corrected chi connectivity index (χ3v) is 6.88. The first-order valence-electron chi connectivity index (χ1n) is 12.3. The van der Waals surface area contributed by atoms with Crippen LogP contribution in [0.15, 0.2) is 48.5 Å². The molecule has 0 unspecified atom stereocenters. The van der Waals surface area contributed by atoms with E-state index in [0.29, 0.717) is 12.2 Å². The lowest BCUT2D eigenvalue weighted by Crippen LogP contribution is -2.48. The molecule has 6 nitrogen and oxygen atoms in total. The van der Waals surface area contributed by atoms with Crippen molar-refractivity contribution in [1.82, 2.24) is 19.8 Å². The molecule has 1 amide bonds. The molecule has 196 valence electrons. The van der Waals surface area contributed by atoms with E-state index in [1.54, 1.807) is 0 Å². The largest absolute Gasteiger partial charge is 0.369 e. The maximum atomic E-state index is 13.0. The molecule has 0 saturated carbocycles. The number of rotatable bonds is 7. The fourth-order valence-electron chi connectivity index (χ4n) is 4.73. The fraction of sp³-hybridized carbons (Fsp3) is 0.429. The SMILES string of the molecule is Cc1cccc(N2CCN(CCNC(=O)c3nc(C(C)C)n(-c4ccccc4)c3C)CC2)c1C.Cl.Cl. The van der Waals surface area contributed by atoms with E-state index in [2.05, 4.69) is 77.7 Å². The number of amides is 1. The highest BCUT2D eigenvalue weighted by atomic mass is 35.5. The molecule has 1 fully saturated rings. The lowest BCUT2D eigenvalue weighted by Gasteiger charge is -2.37. The molecule has 0 spiro atoms. The zero-order valence-corrected chi connectivity index (χ0v) is 23.6. The fourth-order valence-corrected chi connectivity index (χ4v) is 4.73. The molecule has 36 heavy (non-hydrogen) atoms. The van der Waals surface area contributed by atoms with Crippen LogP contribution in [-0.2, 0) is 0 Å². The summed E-state index contributed by atoms with van der Waals surface area (Å²) in [7, 11) is 0. The average Bonchev–Trinajstić information content (AvgIpc) is 3.19. The summed E-state index contributed by atoms with van der Waals surface area (Å²) in [6, 6.07) is 16.7. The first kappa shape index (κ1) is 29.7. The summed E-state index contributed by atoms with van der Waals surface area (Å²) >= 11 is 0. The Balaban J connectivity index is 0.00000228. The van der Waals surface area contributed by atoms with Gasteiger partial charge >= 0.3 is 0 Å². The summed E-state index contributed by atoms with van der Waals surface area (Å²) < 4.78 is 2.10. The highest BCUT2D eigenvalue weighted by Gasteiger charge is 2.23. The van der Waals surface area contributed by atoms with Crippen LogP contribution in [0.25, 0.3) is 5.69 Å². The van der Waals surface area contributed by atoms with Gasteiger partial charge in [0.05, 0.1) is 5.69 Å². The summed E-state index contributed by atoms with van der Waals surface area (Å²) in [5.74, 6) is 1.04. The number of carbonyl (C=O) groups is 1. The van der Waals surface area contributed by atoms with Gasteiger partial charge in [0.1, 0.15) is 11.5 Å². The predicted molar refractivity (Wildman–Crippen MR) is 154 cm³/mol. The van der Waals surface area contributed by atoms with Gasteiger partial charge < -0.3 is 10.2 Å². The van der Waals surface area contributed by atoms with Crippen molar-refractivity contribution in [3.05, 3.63) is 76.9 Å². The number of carbonyl (C=O) groups excluding carboxylic acids is 1. The molecule has 1 saturated heterocycles. The van der Waals surface area contributed by atoms with Crippen LogP contribution >= 0.6 is 24.8 Å². The van der Waals surface area contributed by atoms with E-state index in [0.717, 1.165) is 49.9 Å². The molecule has 4 rings (SSSR count). The summed E-state index contributed by atoms with van der Waals surface area (Å²) in [6.07, 6.45) is 0. The third kappa shape index (κ3) is 6.41. The van der Waals surface area contributed by atoms with Gasteiger partial charge in [0.25, 0.3) is 5.91 Å². The van der Waals surface area contributed by atoms with Crippen LogP contribution in [0.3, 0.4) is 0 Å². The third-order valence-electron chi connectivity index (χ3n) is 6.88. The maximum Gasteiger partial charge on any atom is 0.271 e. The second-order valence-corrected chi connectivity index (χ2v) is 9.53. The normalized spacial score (nSPS) is 13.8. The van der Waals surface area contributed by atoms with Crippen molar-refractivity contribution >= 4 is 36.4 Å². The standard InChI is InChI=1S/C28H37N5O.2ClH/c1-20(2)27-30-26(23(5)33(27)24-11-7-6-8-12-24)28(34)29-14-15-31-16-18-32(19-17-31)25-13-9-10-21(3)22(25)4;;/h6-13,20H,14-19H2,1-5H3,(H,29,34);2*1H. The number of benzene rings is 2. The van der Waals surface area contributed by atoms with Gasteiger partial charge in [-0.1, -0.05) is 44.2 Å². The van der Waals surface area contributed by atoms with Crippen molar-refractivity contribution < 1.29 is 4.79 Å². The van der Waals surface area contributed by atoms with E-state index in [1.807, 2.05) is 25.1 Å². The van der Waals surface area contributed by atoms with Crippen molar-refractivity contribution in [3.63, 3.8) is 0 Å². The minimum atomic E-state index is -0.0943. The number of nitrogens with zero attached hydrogens (tertiary/aromatic N) is 4. The van der Waals surface area contributed by atoms with Gasteiger partial charge in [-0.2, -0.15) is 0 Å². The first-order chi connectivity index (χ1) is 16.4. The highest BCUT2D eigenvalue weighted by Crippen LogP contribution is 2.25. The van der Waals surface area contributed by atoms with Gasteiger partial charge in [-0.05, 0) is 50.1 Å². The van der Waals surface area contributed by atoms with Crippen LogP contribution in [0, 0.1) is 20.8 Å². The predicted octanol–water partition coefficient (Wildman–Crippen LogP) is 5.32. The minimum Gasteiger partial charge on any atom is -0.369 e. The van der Waals surface area contributed by atoms with E-state index < -0.39 is 0 Å². The van der Waals surface area contributed by atoms with Crippen molar-refractivity contribution in [3.8, 4) is 5.69 Å². The lowest BCUT2D eigenvalue weighted by atomic mass is 10.1. The molecule has 0 radical (unpaired) electrons. The Labute approximate surface area is 227 Å². The van der Waals surface area contributed by atoms with Crippen LogP contribution in [0.1, 0.15) is 52.9 Å². The molecule has 1 aliphatic rings. The smallest absolute Gasteiger partial charge is 0.271 e. The summed E-state index contributed by atoms with van der Waals surface area (Å²) in [6.45, 7) is 16.1. The van der Waals surface area contributed by atoms with Gasteiger partial charge in [0.15, 0.2) is 0 Å². The van der Waals surface area contributed by atoms with Gasteiger partial charge in [-0.15, -0.1) is 24.8 Å². The summed E-state index contributed by atoms with van der Waals surface area (Å²) in [5.41, 5.74) is 6.50.